The smallest absolute Gasteiger partial charge is 0.316 e. The summed E-state index contributed by atoms with van der Waals surface area (Å²) in [6.45, 7) is 1.75. The number of fused-ring (bicyclic) bond motifs is 1. The molecule has 0 amide bonds. The van der Waals surface area contributed by atoms with Crippen LogP contribution >= 0.6 is 24.8 Å². The second kappa shape index (κ2) is 7.15. The van der Waals surface area contributed by atoms with E-state index in [0.717, 1.165) is 31.8 Å². The van der Waals surface area contributed by atoms with Gasteiger partial charge in [0.25, 0.3) is 0 Å². The fraction of sp³-hybridized carbons (Fsp3) is 0.833. The molecule has 1 aromatic rings. The van der Waals surface area contributed by atoms with Crippen molar-refractivity contribution in [3.05, 3.63) is 11.6 Å². The van der Waals surface area contributed by atoms with Gasteiger partial charge in [-0.15, -0.1) is 35.0 Å². The number of piperidine rings is 1. The summed E-state index contributed by atoms with van der Waals surface area (Å²) in [5, 5.41) is 11.5. The van der Waals surface area contributed by atoms with Gasteiger partial charge in [-0.05, 0) is 25.8 Å². The van der Waals surface area contributed by atoms with E-state index in [-0.39, 0.29) is 43.7 Å². The first-order chi connectivity index (χ1) is 9.05. The average molecular weight is 347 g/mol. The molecule has 2 atom stereocenters. The van der Waals surface area contributed by atoms with Crippen LogP contribution < -0.4 is 5.32 Å². The van der Waals surface area contributed by atoms with E-state index >= 15 is 0 Å². The Morgan fingerprint density at radius 2 is 1.90 bits per heavy atom. The Hall–Kier alpha value is -0.530. The van der Waals surface area contributed by atoms with E-state index in [1.807, 2.05) is 0 Å². The lowest BCUT2D eigenvalue weighted by atomic mass is 9.95. The molecule has 9 heteroatoms. The Labute approximate surface area is 133 Å². The Kier molecular flexibility index (Phi) is 6.31. The number of hydrogen-bond donors (Lipinski definition) is 1. The van der Waals surface area contributed by atoms with Crippen molar-refractivity contribution >= 4 is 24.8 Å². The molecule has 3 heterocycles. The molecular weight excluding hydrogens is 328 g/mol. The van der Waals surface area contributed by atoms with Crippen LogP contribution in [0.2, 0.25) is 0 Å². The van der Waals surface area contributed by atoms with Gasteiger partial charge in [0.15, 0.2) is 0 Å². The van der Waals surface area contributed by atoms with Gasteiger partial charge in [-0.1, -0.05) is 0 Å². The quantitative estimate of drug-likeness (QED) is 0.850. The summed E-state index contributed by atoms with van der Waals surface area (Å²) in [7, 11) is 0. The van der Waals surface area contributed by atoms with Gasteiger partial charge in [0, 0.05) is 25.4 Å². The molecule has 4 nitrogen and oxygen atoms in total. The predicted molar refractivity (Wildman–Crippen MR) is 77.2 cm³/mol. The van der Waals surface area contributed by atoms with Crippen LogP contribution in [-0.4, -0.2) is 34.0 Å². The number of nitrogens with one attached hydrogen (secondary N) is 1. The van der Waals surface area contributed by atoms with E-state index in [0.29, 0.717) is 12.2 Å². The minimum atomic E-state index is -4.12. The fourth-order valence-corrected chi connectivity index (χ4v) is 2.99. The number of hydrogen-bond acceptors (Lipinski definition) is 3. The molecular formula is C12H19Cl2F3N4. The molecule has 0 spiro atoms. The Morgan fingerprint density at radius 3 is 2.52 bits per heavy atom. The molecule has 3 rings (SSSR count). The highest BCUT2D eigenvalue weighted by Crippen LogP contribution is 2.35. The minimum absolute atomic E-state index is 0. The molecule has 2 unspecified atom stereocenters. The van der Waals surface area contributed by atoms with Crippen molar-refractivity contribution in [2.24, 2.45) is 5.92 Å². The number of aromatic nitrogens is 3. The van der Waals surface area contributed by atoms with Gasteiger partial charge in [0.2, 0.25) is 0 Å². The van der Waals surface area contributed by atoms with Gasteiger partial charge >= 0.3 is 6.18 Å². The predicted octanol–water partition coefficient (Wildman–Crippen LogP) is 2.71. The van der Waals surface area contributed by atoms with Gasteiger partial charge < -0.3 is 9.88 Å². The van der Waals surface area contributed by atoms with Crippen molar-refractivity contribution in [2.75, 3.05) is 13.1 Å². The van der Waals surface area contributed by atoms with E-state index in [1.165, 1.54) is 0 Å². The molecule has 2 aliphatic rings. The van der Waals surface area contributed by atoms with Gasteiger partial charge in [-0.2, -0.15) is 13.2 Å². The van der Waals surface area contributed by atoms with Gasteiger partial charge in [-0.3, -0.25) is 0 Å². The third-order valence-electron chi connectivity index (χ3n) is 4.10. The second-order valence-electron chi connectivity index (χ2n) is 5.41. The van der Waals surface area contributed by atoms with Crippen LogP contribution in [-0.2, 0) is 13.0 Å². The summed E-state index contributed by atoms with van der Waals surface area (Å²) >= 11 is 0. The van der Waals surface area contributed by atoms with Crippen LogP contribution in [0.4, 0.5) is 13.2 Å². The summed E-state index contributed by atoms with van der Waals surface area (Å²) in [6, 6.07) is 0. The maximum absolute atomic E-state index is 12.8. The van der Waals surface area contributed by atoms with Crippen molar-refractivity contribution in [1.82, 2.24) is 20.1 Å². The molecule has 21 heavy (non-hydrogen) atoms. The van der Waals surface area contributed by atoms with Crippen molar-refractivity contribution in [3.8, 4) is 0 Å². The highest BCUT2D eigenvalue weighted by molar-refractivity contribution is 5.85. The van der Waals surface area contributed by atoms with Gasteiger partial charge in [0.1, 0.15) is 11.6 Å². The lowest BCUT2D eigenvalue weighted by Crippen LogP contribution is -2.35. The molecule has 0 saturated carbocycles. The summed E-state index contributed by atoms with van der Waals surface area (Å²) in [5.41, 5.74) is 0. The summed E-state index contributed by atoms with van der Waals surface area (Å²) in [6.07, 6.45) is -1.61. The van der Waals surface area contributed by atoms with Crippen molar-refractivity contribution in [2.45, 2.75) is 44.3 Å². The monoisotopic (exact) mass is 346 g/mol. The molecule has 122 valence electrons. The fourth-order valence-electron chi connectivity index (χ4n) is 2.99. The normalized spacial score (nSPS) is 25.5. The average Bonchev–Trinajstić information content (AvgIpc) is 2.81. The largest absolute Gasteiger partial charge is 0.393 e. The molecule has 0 aliphatic carbocycles. The highest BCUT2D eigenvalue weighted by Gasteiger charge is 2.42. The van der Waals surface area contributed by atoms with E-state index in [4.69, 9.17) is 0 Å². The summed E-state index contributed by atoms with van der Waals surface area (Å²) in [4.78, 5) is 0. The molecule has 1 N–H and O–H groups in total. The SMILES string of the molecule is Cl.Cl.FC(F)(F)C1CCc2nnc(C3CCCNC3)n2C1. The second-order valence-corrected chi connectivity index (χ2v) is 5.41. The molecule has 1 saturated heterocycles. The van der Waals surface area contributed by atoms with Crippen molar-refractivity contribution in [1.29, 1.82) is 0 Å². The van der Waals surface area contributed by atoms with Gasteiger partial charge in [0.05, 0.1) is 5.92 Å². The maximum atomic E-state index is 12.8. The zero-order valence-electron chi connectivity index (χ0n) is 11.4. The van der Waals surface area contributed by atoms with Crippen LogP contribution in [0.15, 0.2) is 0 Å². The molecule has 1 fully saturated rings. The Bertz CT molecular complexity index is 458. The summed E-state index contributed by atoms with van der Waals surface area (Å²) in [5.74, 6) is 0.380. The van der Waals surface area contributed by atoms with Crippen LogP contribution in [0.5, 0.6) is 0 Å². The van der Waals surface area contributed by atoms with Gasteiger partial charge in [-0.25, -0.2) is 0 Å². The van der Waals surface area contributed by atoms with E-state index in [1.54, 1.807) is 4.57 Å². The number of alkyl halides is 3. The third-order valence-corrected chi connectivity index (χ3v) is 4.10. The van der Waals surface area contributed by atoms with Crippen LogP contribution in [0, 0.1) is 5.92 Å². The van der Waals surface area contributed by atoms with Crippen molar-refractivity contribution < 1.29 is 13.2 Å². The Morgan fingerprint density at radius 1 is 1.14 bits per heavy atom. The molecule has 0 bridgehead atoms. The topological polar surface area (TPSA) is 42.7 Å². The Balaban J connectivity index is 0.00000110. The molecule has 0 radical (unpaired) electrons. The molecule has 1 aromatic heterocycles. The lowest BCUT2D eigenvalue weighted by Gasteiger charge is -2.28. The van der Waals surface area contributed by atoms with Crippen LogP contribution in [0.25, 0.3) is 0 Å². The highest BCUT2D eigenvalue weighted by atomic mass is 35.5. The first-order valence-corrected chi connectivity index (χ1v) is 6.75. The van der Waals surface area contributed by atoms with Crippen molar-refractivity contribution in [3.63, 3.8) is 0 Å². The minimum Gasteiger partial charge on any atom is -0.316 e. The first kappa shape index (κ1) is 18.5. The maximum Gasteiger partial charge on any atom is 0.393 e. The summed E-state index contributed by atoms with van der Waals surface area (Å²) < 4.78 is 40.3. The number of rotatable bonds is 1. The number of nitrogens with zero attached hydrogens (tertiary/aromatic N) is 3. The third kappa shape index (κ3) is 3.81. The van der Waals surface area contributed by atoms with E-state index in [2.05, 4.69) is 15.5 Å². The number of halogens is 5. The molecule has 2 aliphatic heterocycles. The van der Waals surface area contributed by atoms with E-state index < -0.39 is 12.1 Å². The zero-order chi connectivity index (χ0) is 13.5. The zero-order valence-corrected chi connectivity index (χ0v) is 13.0. The first-order valence-electron chi connectivity index (χ1n) is 6.75. The number of aryl methyl sites for hydroxylation is 1. The van der Waals surface area contributed by atoms with E-state index in [9.17, 15) is 13.2 Å². The van der Waals surface area contributed by atoms with Crippen LogP contribution in [0.1, 0.15) is 36.8 Å². The lowest BCUT2D eigenvalue weighted by molar-refractivity contribution is -0.182. The standard InChI is InChI=1S/C12H17F3N4.2ClH/c13-12(14,15)9-3-4-10-17-18-11(19(10)7-9)8-2-1-5-16-6-8;;/h8-9,16H,1-7H2;2*1H. The molecule has 0 aromatic carbocycles. The van der Waals surface area contributed by atoms with Crippen LogP contribution in [0.3, 0.4) is 0 Å².